The summed E-state index contributed by atoms with van der Waals surface area (Å²) < 4.78 is 1.66. The molecule has 3 aromatic heterocycles. The molecule has 0 fully saturated rings. The summed E-state index contributed by atoms with van der Waals surface area (Å²) in [4.78, 5) is 26.7. The summed E-state index contributed by atoms with van der Waals surface area (Å²) in [5.41, 5.74) is 3.21. The average Bonchev–Trinajstić information content (AvgIpc) is 3.46. The van der Waals surface area contributed by atoms with Gasteiger partial charge in [-0.1, -0.05) is 54.2 Å². The van der Waals surface area contributed by atoms with Gasteiger partial charge in [-0.15, -0.1) is 16.4 Å². The fraction of sp³-hybridized carbons (Fsp3) is 0.130. The number of rotatable bonds is 6. The zero-order valence-corrected chi connectivity index (χ0v) is 18.6. The lowest BCUT2D eigenvalue weighted by atomic mass is 10.1. The highest BCUT2D eigenvalue weighted by Gasteiger charge is 2.25. The summed E-state index contributed by atoms with van der Waals surface area (Å²) in [5, 5.41) is 18.0. The summed E-state index contributed by atoms with van der Waals surface area (Å²) in [6, 6.07) is 19.5. The predicted molar refractivity (Wildman–Crippen MR) is 125 cm³/mol. The van der Waals surface area contributed by atoms with Crippen molar-refractivity contribution in [3.05, 3.63) is 70.8 Å². The Hall–Kier alpha value is -3.61. The van der Waals surface area contributed by atoms with Crippen LogP contribution in [0.1, 0.15) is 16.7 Å². The van der Waals surface area contributed by atoms with E-state index in [2.05, 4.69) is 26.1 Å². The van der Waals surface area contributed by atoms with Crippen LogP contribution in [-0.4, -0.2) is 36.1 Å². The van der Waals surface area contributed by atoms with Crippen LogP contribution < -0.4 is 0 Å². The van der Waals surface area contributed by atoms with Crippen molar-refractivity contribution in [1.29, 1.82) is 5.26 Å². The van der Waals surface area contributed by atoms with Gasteiger partial charge in [0.25, 0.3) is 0 Å². The number of hydrogen-bond donors (Lipinski definition) is 0. The number of carbonyl (C=O) groups excluding carboxylic acids is 1. The molecule has 3 heterocycles. The van der Waals surface area contributed by atoms with Crippen molar-refractivity contribution in [3.63, 3.8) is 0 Å². The van der Waals surface area contributed by atoms with Crippen molar-refractivity contribution in [2.75, 3.05) is 5.75 Å². The van der Waals surface area contributed by atoms with E-state index in [-0.39, 0.29) is 11.5 Å². The summed E-state index contributed by atoms with van der Waals surface area (Å²) >= 11 is 2.58. The maximum atomic E-state index is 12.9. The fourth-order valence-electron chi connectivity index (χ4n) is 3.37. The molecule has 0 aliphatic heterocycles. The molecule has 0 radical (unpaired) electrons. The van der Waals surface area contributed by atoms with Crippen LogP contribution in [0.25, 0.3) is 27.8 Å². The average molecular weight is 457 g/mol. The number of thiazole rings is 1. The van der Waals surface area contributed by atoms with Crippen molar-refractivity contribution in [1.82, 2.24) is 24.6 Å². The molecule has 0 spiro atoms. The van der Waals surface area contributed by atoms with E-state index in [1.54, 1.807) is 4.52 Å². The second kappa shape index (κ2) is 8.49. The first-order valence-electron chi connectivity index (χ1n) is 9.82. The fourth-order valence-corrected chi connectivity index (χ4v) is 5.12. The number of benzene rings is 2. The molecule has 7 nitrogen and oxygen atoms in total. The number of carbonyl (C=O) groups is 1. The Balaban J connectivity index is 1.40. The lowest BCUT2D eigenvalue weighted by molar-refractivity contribution is -0.116. The number of ketones is 1. The summed E-state index contributed by atoms with van der Waals surface area (Å²) in [6.07, 6.45) is 0. The van der Waals surface area contributed by atoms with Gasteiger partial charge in [0.2, 0.25) is 0 Å². The molecule has 32 heavy (non-hydrogen) atoms. The highest BCUT2D eigenvalue weighted by molar-refractivity contribution is 7.99. The van der Waals surface area contributed by atoms with Gasteiger partial charge in [-0.25, -0.2) is 15.0 Å². The Bertz CT molecular complexity index is 1490. The zero-order chi connectivity index (χ0) is 22.1. The molecule has 0 bridgehead atoms. The summed E-state index contributed by atoms with van der Waals surface area (Å²) in [5.74, 6) is -0.426. The van der Waals surface area contributed by atoms with Gasteiger partial charge in [0.1, 0.15) is 10.8 Å². The highest BCUT2D eigenvalue weighted by atomic mass is 32.2. The van der Waals surface area contributed by atoms with Crippen LogP contribution in [0, 0.1) is 18.3 Å². The van der Waals surface area contributed by atoms with Crippen molar-refractivity contribution in [3.8, 4) is 17.3 Å². The maximum Gasteiger partial charge on any atom is 0.191 e. The quantitative estimate of drug-likeness (QED) is 0.270. The number of nitriles is 1. The molecule has 5 rings (SSSR count). The molecule has 0 aliphatic rings. The van der Waals surface area contributed by atoms with E-state index in [9.17, 15) is 10.1 Å². The molecular formula is C23H16N6OS2. The Morgan fingerprint density at radius 2 is 1.91 bits per heavy atom. The van der Waals surface area contributed by atoms with E-state index < -0.39 is 5.92 Å². The first-order valence-corrected chi connectivity index (χ1v) is 11.7. The van der Waals surface area contributed by atoms with Gasteiger partial charge in [-0.2, -0.15) is 9.78 Å². The molecule has 1 atom stereocenters. The number of thioether (sulfide) groups is 1. The van der Waals surface area contributed by atoms with Crippen LogP contribution in [0.3, 0.4) is 0 Å². The van der Waals surface area contributed by atoms with Gasteiger partial charge < -0.3 is 0 Å². The zero-order valence-electron chi connectivity index (χ0n) is 17.0. The monoisotopic (exact) mass is 456 g/mol. The lowest BCUT2D eigenvalue weighted by Crippen LogP contribution is -2.14. The molecule has 0 unspecified atom stereocenters. The SMILES string of the molecule is Cc1nc2c3ccccc3nc(SCC(=O)[C@@H](C#N)c3nc(-c4ccccc4)cs3)n2n1. The van der Waals surface area contributed by atoms with Crippen LogP contribution in [-0.2, 0) is 4.79 Å². The molecular weight excluding hydrogens is 440 g/mol. The topological polar surface area (TPSA) is 96.8 Å². The van der Waals surface area contributed by atoms with Crippen molar-refractivity contribution in [2.24, 2.45) is 0 Å². The van der Waals surface area contributed by atoms with Crippen LogP contribution in [0.15, 0.2) is 65.1 Å². The predicted octanol–water partition coefficient (Wildman–Crippen LogP) is 4.68. The van der Waals surface area contributed by atoms with Crippen LogP contribution >= 0.6 is 23.1 Å². The lowest BCUT2D eigenvalue weighted by Gasteiger charge is -2.07. The van der Waals surface area contributed by atoms with Crippen LogP contribution in [0.5, 0.6) is 0 Å². The number of nitrogens with zero attached hydrogens (tertiary/aromatic N) is 6. The molecule has 0 saturated carbocycles. The number of hydrogen-bond acceptors (Lipinski definition) is 8. The summed E-state index contributed by atoms with van der Waals surface area (Å²) in [7, 11) is 0. The number of Topliss-reactive ketones (excluding diaryl/α,β-unsaturated/α-hetero) is 1. The largest absolute Gasteiger partial charge is 0.297 e. The molecule has 2 aromatic carbocycles. The van der Waals surface area contributed by atoms with Gasteiger partial charge in [-0.3, -0.25) is 4.79 Å². The Morgan fingerprint density at radius 3 is 2.72 bits per heavy atom. The van der Waals surface area contributed by atoms with Crippen LogP contribution in [0.2, 0.25) is 0 Å². The van der Waals surface area contributed by atoms with E-state index in [1.807, 2.05) is 66.9 Å². The molecule has 0 amide bonds. The van der Waals surface area contributed by atoms with E-state index in [0.29, 0.717) is 21.6 Å². The van der Waals surface area contributed by atoms with E-state index >= 15 is 0 Å². The molecule has 0 saturated heterocycles. The van der Waals surface area contributed by atoms with Gasteiger partial charge in [0, 0.05) is 16.3 Å². The number of fused-ring (bicyclic) bond motifs is 3. The van der Waals surface area contributed by atoms with Gasteiger partial charge >= 0.3 is 0 Å². The third-order valence-electron chi connectivity index (χ3n) is 4.89. The van der Waals surface area contributed by atoms with Crippen molar-refractivity contribution < 1.29 is 4.79 Å². The molecule has 9 heteroatoms. The van der Waals surface area contributed by atoms with Crippen LogP contribution in [0.4, 0.5) is 0 Å². The Morgan fingerprint density at radius 1 is 1.12 bits per heavy atom. The molecule has 5 aromatic rings. The normalized spacial score (nSPS) is 12.1. The minimum Gasteiger partial charge on any atom is -0.297 e. The number of aryl methyl sites for hydroxylation is 1. The number of para-hydroxylation sites is 1. The van der Waals surface area contributed by atoms with Crippen molar-refractivity contribution >= 4 is 45.4 Å². The number of aromatic nitrogens is 5. The third-order valence-corrected chi connectivity index (χ3v) is 6.75. The van der Waals surface area contributed by atoms with Gasteiger partial charge in [0.15, 0.2) is 22.5 Å². The third kappa shape index (κ3) is 3.75. The second-order valence-electron chi connectivity index (χ2n) is 7.06. The summed E-state index contributed by atoms with van der Waals surface area (Å²) in [6.45, 7) is 1.82. The van der Waals surface area contributed by atoms with Crippen molar-refractivity contribution in [2.45, 2.75) is 18.0 Å². The first-order chi connectivity index (χ1) is 15.6. The minimum absolute atomic E-state index is 0.0812. The standard InChI is InChI=1S/C23H16N6OS2/c1-14-25-21-16-9-5-6-10-18(16)27-23(29(21)28-14)32-13-20(30)17(11-24)22-26-19(12-31-22)15-7-3-2-4-8-15/h2-10,12,17H,13H2,1H3/t17-/m1/s1. The van der Waals surface area contributed by atoms with E-state index in [1.165, 1.54) is 23.1 Å². The Labute approximate surface area is 191 Å². The highest BCUT2D eigenvalue weighted by Crippen LogP contribution is 2.29. The van der Waals surface area contributed by atoms with Gasteiger partial charge in [-0.05, 0) is 19.1 Å². The van der Waals surface area contributed by atoms with E-state index in [0.717, 1.165) is 22.2 Å². The van der Waals surface area contributed by atoms with Gasteiger partial charge in [0.05, 0.1) is 23.0 Å². The Kier molecular flexibility index (Phi) is 5.39. The van der Waals surface area contributed by atoms with E-state index in [4.69, 9.17) is 0 Å². The molecule has 156 valence electrons. The minimum atomic E-state index is -0.918. The molecule has 0 aliphatic carbocycles. The molecule has 0 N–H and O–H groups in total. The second-order valence-corrected chi connectivity index (χ2v) is 8.89. The first kappa shape index (κ1) is 20.3. The smallest absolute Gasteiger partial charge is 0.191 e. The maximum absolute atomic E-state index is 12.9.